The van der Waals surface area contributed by atoms with Gasteiger partial charge in [-0.2, -0.15) is 0 Å². The first kappa shape index (κ1) is 14.3. The van der Waals surface area contributed by atoms with E-state index in [0.717, 1.165) is 12.1 Å². The van der Waals surface area contributed by atoms with Crippen LogP contribution in [-0.2, 0) is 9.13 Å². The van der Waals surface area contributed by atoms with Crippen LogP contribution in [0.2, 0.25) is 0 Å². The van der Waals surface area contributed by atoms with Gasteiger partial charge >= 0.3 is 20.4 Å². The van der Waals surface area contributed by atoms with Crippen molar-refractivity contribution in [1.82, 2.24) is 4.98 Å². The number of hydrogen-bond acceptors (Lipinski definition) is 5. The molecule has 11 heteroatoms. The molecule has 1 rings (SSSR count). The highest BCUT2D eigenvalue weighted by molar-refractivity contribution is 7.72. The van der Waals surface area contributed by atoms with Crippen molar-refractivity contribution in [3.8, 4) is 5.75 Å². The lowest BCUT2D eigenvalue weighted by atomic mass is 10.5. The maximum atomic E-state index is 11.0. The van der Waals surface area contributed by atoms with Crippen LogP contribution in [0.15, 0.2) is 24.5 Å². The van der Waals surface area contributed by atoms with Gasteiger partial charge in [0.1, 0.15) is 5.75 Å². The Morgan fingerprint density at radius 3 is 1.88 bits per heavy atom. The van der Waals surface area contributed by atoms with E-state index in [0.29, 0.717) is 0 Å². The molecule has 0 aromatic carbocycles. The maximum Gasteiger partial charge on any atom is 0.397 e. The Kier molecular flexibility index (Phi) is 3.75. The van der Waals surface area contributed by atoms with Crippen molar-refractivity contribution in [1.29, 1.82) is 0 Å². The third kappa shape index (κ3) is 2.91. The number of nitrogens with zero attached hydrogens (tertiary/aromatic N) is 1. The quantitative estimate of drug-likeness (QED) is 0.358. The van der Waals surface area contributed by atoms with Gasteiger partial charge in [0.2, 0.25) is 0 Å². The lowest BCUT2D eigenvalue weighted by molar-refractivity contribution is 0.157. The molecule has 0 fully saturated rings. The summed E-state index contributed by atoms with van der Waals surface area (Å²) in [5, 5.41) is -3.42. The zero-order valence-electron chi connectivity index (χ0n) is 8.24. The van der Waals surface area contributed by atoms with E-state index in [4.69, 9.17) is 25.3 Å². The summed E-state index contributed by atoms with van der Waals surface area (Å²) in [5.74, 6) is -0.228. The molecule has 0 aliphatic rings. The fraction of sp³-hybridized carbons (Fsp3) is 0.167. The van der Waals surface area contributed by atoms with Gasteiger partial charge in [0.25, 0.3) is 0 Å². The van der Waals surface area contributed by atoms with E-state index in [2.05, 4.69) is 9.72 Å². The molecule has 1 aromatic heterocycles. The van der Waals surface area contributed by atoms with Crippen LogP contribution in [-0.4, -0.2) is 29.8 Å². The first-order chi connectivity index (χ1) is 7.58. The third-order valence-corrected chi connectivity index (χ3v) is 5.17. The highest BCUT2D eigenvalue weighted by Crippen LogP contribution is 2.65. The minimum absolute atomic E-state index is 0.228. The van der Waals surface area contributed by atoms with E-state index >= 15 is 0 Å². The minimum Gasteiger partial charge on any atom is -0.451 e. The minimum atomic E-state index is -5.40. The van der Waals surface area contributed by atoms with E-state index in [1.54, 1.807) is 0 Å². The average Bonchev–Trinajstić information content (AvgIpc) is 2.15. The van der Waals surface area contributed by atoms with E-state index in [1.807, 2.05) is 0 Å². The van der Waals surface area contributed by atoms with Gasteiger partial charge in [-0.15, -0.1) is 0 Å². The van der Waals surface area contributed by atoms with Crippen LogP contribution in [0.5, 0.6) is 5.75 Å². The largest absolute Gasteiger partial charge is 0.451 e. The first-order valence-corrected chi connectivity index (χ1v) is 7.29. The Morgan fingerprint density at radius 1 is 1.12 bits per heavy atom. The van der Waals surface area contributed by atoms with E-state index in [-0.39, 0.29) is 5.75 Å². The van der Waals surface area contributed by atoms with Crippen LogP contribution in [0.3, 0.4) is 0 Å². The maximum absolute atomic E-state index is 11.0. The van der Waals surface area contributed by atoms with Crippen LogP contribution in [0.25, 0.3) is 0 Å². The highest BCUT2D eigenvalue weighted by atomic mass is 31.2. The molecule has 0 spiro atoms. The molecular weight excluding hydrogens is 274 g/mol. The van der Waals surface area contributed by atoms with Gasteiger partial charge in [-0.1, -0.05) is 0 Å². The molecule has 0 saturated carbocycles. The highest BCUT2D eigenvalue weighted by Gasteiger charge is 2.60. The molecule has 0 amide bonds. The topological polar surface area (TPSA) is 163 Å². The van der Waals surface area contributed by atoms with Gasteiger partial charge in [0.15, 0.2) is 0 Å². The summed E-state index contributed by atoms with van der Waals surface area (Å²) in [4.78, 5) is 39.1. The number of ether oxygens (including phenoxy) is 1. The van der Waals surface area contributed by atoms with Gasteiger partial charge in [0.05, 0.1) is 0 Å². The molecule has 0 aliphatic carbocycles. The normalized spacial score (nSPS) is 13.5. The van der Waals surface area contributed by atoms with Crippen LogP contribution >= 0.6 is 15.2 Å². The van der Waals surface area contributed by atoms with E-state index in [9.17, 15) is 9.13 Å². The van der Waals surface area contributed by atoms with Crippen LogP contribution in [0.1, 0.15) is 0 Å². The Hall–Kier alpha value is -0.790. The third-order valence-electron chi connectivity index (χ3n) is 1.75. The molecular formula is C6H10N2O7P2. The van der Waals surface area contributed by atoms with Crippen molar-refractivity contribution >= 4 is 15.2 Å². The fourth-order valence-electron chi connectivity index (χ4n) is 0.868. The first-order valence-electron chi connectivity index (χ1n) is 4.07. The summed E-state index contributed by atoms with van der Waals surface area (Å²) < 4.78 is 26.6. The zero-order valence-corrected chi connectivity index (χ0v) is 10.0. The summed E-state index contributed by atoms with van der Waals surface area (Å²) in [6.07, 6.45) is 2.41. The zero-order chi connectivity index (χ0) is 13.3. The number of nitrogens with two attached hydrogens (primary N) is 1. The second-order valence-corrected chi connectivity index (χ2v) is 6.89. The summed E-state index contributed by atoms with van der Waals surface area (Å²) >= 11 is 0. The van der Waals surface area contributed by atoms with Gasteiger partial charge in [-0.25, -0.2) is 0 Å². The van der Waals surface area contributed by atoms with Crippen molar-refractivity contribution in [2.24, 2.45) is 5.73 Å². The number of pyridine rings is 1. The van der Waals surface area contributed by atoms with Crippen molar-refractivity contribution in [2.45, 2.75) is 5.21 Å². The standard InChI is InChI=1S/C6H10N2O7P2/c7-6(16(9,10)11,17(12,13)14)15-5-1-3-8-4-2-5/h1-4H,7H2,(H2,9,10,11)(H2,12,13,14). The van der Waals surface area contributed by atoms with Crippen molar-refractivity contribution in [3.63, 3.8) is 0 Å². The molecule has 1 aromatic rings. The summed E-state index contributed by atoms with van der Waals surface area (Å²) in [7, 11) is -10.8. The van der Waals surface area contributed by atoms with Crippen molar-refractivity contribution in [3.05, 3.63) is 24.5 Å². The van der Waals surface area contributed by atoms with Gasteiger partial charge in [-0.05, 0) is 12.1 Å². The number of rotatable bonds is 4. The summed E-state index contributed by atoms with van der Waals surface area (Å²) in [5.41, 5.74) is 5.02. The van der Waals surface area contributed by atoms with E-state index < -0.39 is 20.4 Å². The fourth-order valence-corrected chi connectivity index (χ4v) is 2.67. The average molecular weight is 284 g/mol. The molecule has 17 heavy (non-hydrogen) atoms. The molecule has 96 valence electrons. The molecule has 9 nitrogen and oxygen atoms in total. The van der Waals surface area contributed by atoms with Crippen molar-refractivity contribution < 1.29 is 33.4 Å². The van der Waals surface area contributed by atoms with Gasteiger partial charge in [-0.3, -0.25) is 19.8 Å². The summed E-state index contributed by atoms with van der Waals surface area (Å²) in [6, 6.07) is 2.29. The Bertz CT molecular complexity index is 458. The molecule has 0 unspecified atom stereocenters. The molecule has 0 saturated heterocycles. The van der Waals surface area contributed by atoms with Crippen LogP contribution < -0.4 is 10.5 Å². The number of aromatic nitrogens is 1. The Balaban J connectivity index is 3.20. The monoisotopic (exact) mass is 284 g/mol. The van der Waals surface area contributed by atoms with Gasteiger partial charge in [0, 0.05) is 12.4 Å². The summed E-state index contributed by atoms with van der Waals surface area (Å²) in [6.45, 7) is 0. The second kappa shape index (κ2) is 4.47. The molecule has 0 aliphatic heterocycles. The molecule has 1 heterocycles. The van der Waals surface area contributed by atoms with E-state index in [1.165, 1.54) is 12.4 Å². The Morgan fingerprint density at radius 2 is 1.53 bits per heavy atom. The smallest absolute Gasteiger partial charge is 0.397 e. The van der Waals surface area contributed by atoms with Crippen molar-refractivity contribution in [2.75, 3.05) is 0 Å². The lowest BCUT2D eigenvalue weighted by Crippen LogP contribution is -2.45. The number of hydrogen-bond donors (Lipinski definition) is 5. The van der Waals surface area contributed by atoms with Gasteiger partial charge < -0.3 is 24.3 Å². The van der Waals surface area contributed by atoms with Crippen LogP contribution in [0.4, 0.5) is 0 Å². The molecule has 0 bridgehead atoms. The molecule has 0 radical (unpaired) electrons. The Labute approximate surface area is 95.6 Å². The predicted molar refractivity (Wildman–Crippen MR) is 55.9 cm³/mol. The molecule has 0 atom stereocenters. The second-order valence-electron chi connectivity index (χ2n) is 3.03. The van der Waals surface area contributed by atoms with Crippen LogP contribution in [0, 0.1) is 0 Å². The molecule has 6 N–H and O–H groups in total. The SMILES string of the molecule is NC(Oc1ccncc1)(P(=O)(O)O)P(=O)(O)O. The lowest BCUT2D eigenvalue weighted by Gasteiger charge is -2.30. The predicted octanol–water partition coefficient (Wildman–Crippen LogP) is -0.614.